The van der Waals surface area contributed by atoms with Crippen LogP contribution in [0.3, 0.4) is 0 Å². The van der Waals surface area contributed by atoms with Crippen molar-refractivity contribution in [1.29, 1.82) is 0 Å². The van der Waals surface area contributed by atoms with Gasteiger partial charge in [0.05, 0.1) is 6.21 Å². The molecule has 102 valence electrons. The van der Waals surface area contributed by atoms with Crippen LogP contribution in [0.1, 0.15) is 25.8 Å². The van der Waals surface area contributed by atoms with Crippen molar-refractivity contribution < 1.29 is 14.7 Å². The summed E-state index contributed by atoms with van der Waals surface area (Å²) in [5, 5.41) is 15.6. The van der Waals surface area contributed by atoms with E-state index in [4.69, 9.17) is 0 Å². The van der Waals surface area contributed by atoms with E-state index in [0.29, 0.717) is 5.56 Å². The Bertz CT molecular complexity index is 486. The highest BCUT2D eigenvalue weighted by Crippen LogP contribution is 2.12. The van der Waals surface area contributed by atoms with Gasteiger partial charge in [-0.3, -0.25) is 9.59 Å². The molecule has 3 N–H and O–H groups in total. The third-order valence-electron chi connectivity index (χ3n) is 2.50. The van der Waals surface area contributed by atoms with Gasteiger partial charge in [0.15, 0.2) is 0 Å². The van der Waals surface area contributed by atoms with Crippen LogP contribution in [-0.4, -0.2) is 29.2 Å². The van der Waals surface area contributed by atoms with Crippen LogP contribution in [0.25, 0.3) is 0 Å². The molecule has 0 heterocycles. The summed E-state index contributed by atoms with van der Waals surface area (Å²) in [5.41, 5.74) is 2.54. The SMILES string of the molecule is CC[C@H](C)NC(=O)C(=O)N/N=C/c1ccccc1O. The molecular formula is C13H17N3O3. The number of carbonyl (C=O) groups excluding carboxylic acids is 2. The fourth-order valence-corrected chi connectivity index (χ4v) is 1.20. The maximum Gasteiger partial charge on any atom is 0.329 e. The van der Waals surface area contributed by atoms with Crippen LogP contribution in [0.2, 0.25) is 0 Å². The Morgan fingerprint density at radius 2 is 2.05 bits per heavy atom. The van der Waals surface area contributed by atoms with Crippen molar-refractivity contribution in [3.05, 3.63) is 29.8 Å². The van der Waals surface area contributed by atoms with Crippen LogP contribution >= 0.6 is 0 Å². The number of rotatable bonds is 4. The number of hydrogen-bond acceptors (Lipinski definition) is 4. The highest BCUT2D eigenvalue weighted by atomic mass is 16.3. The minimum absolute atomic E-state index is 0.0459. The molecule has 0 saturated carbocycles. The molecule has 1 aromatic rings. The molecule has 0 saturated heterocycles. The quantitative estimate of drug-likeness (QED) is 0.425. The first-order chi connectivity index (χ1) is 9.04. The maximum atomic E-state index is 11.4. The van der Waals surface area contributed by atoms with Gasteiger partial charge in [-0.25, -0.2) is 5.43 Å². The molecule has 19 heavy (non-hydrogen) atoms. The highest BCUT2D eigenvalue weighted by molar-refractivity contribution is 6.35. The van der Waals surface area contributed by atoms with Crippen molar-refractivity contribution in [1.82, 2.24) is 10.7 Å². The van der Waals surface area contributed by atoms with Gasteiger partial charge in [0.2, 0.25) is 0 Å². The van der Waals surface area contributed by atoms with Crippen LogP contribution in [0, 0.1) is 0 Å². The minimum Gasteiger partial charge on any atom is -0.507 e. The summed E-state index contributed by atoms with van der Waals surface area (Å²) in [6.07, 6.45) is 2.00. The Balaban J connectivity index is 2.50. The molecule has 0 aliphatic heterocycles. The number of phenols is 1. The molecule has 6 nitrogen and oxygen atoms in total. The molecule has 0 aromatic heterocycles. The predicted molar refractivity (Wildman–Crippen MR) is 71.7 cm³/mol. The van der Waals surface area contributed by atoms with Crippen LogP contribution in [0.15, 0.2) is 29.4 Å². The van der Waals surface area contributed by atoms with Gasteiger partial charge < -0.3 is 10.4 Å². The molecule has 6 heteroatoms. The number of nitrogens with one attached hydrogen (secondary N) is 2. The lowest BCUT2D eigenvalue weighted by Crippen LogP contribution is -2.41. The molecule has 1 atom stereocenters. The summed E-state index contributed by atoms with van der Waals surface area (Å²) in [6, 6.07) is 6.45. The van der Waals surface area contributed by atoms with E-state index in [0.717, 1.165) is 6.42 Å². The molecule has 0 bridgehead atoms. The number of para-hydroxylation sites is 1. The van der Waals surface area contributed by atoms with Crippen molar-refractivity contribution in [3.8, 4) is 5.75 Å². The summed E-state index contributed by atoms with van der Waals surface area (Å²) in [4.78, 5) is 22.7. The van der Waals surface area contributed by atoms with Crippen molar-refractivity contribution in [2.24, 2.45) is 5.10 Å². The van der Waals surface area contributed by atoms with Gasteiger partial charge in [-0.2, -0.15) is 5.10 Å². The number of carbonyl (C=O) groups is 2. The minimum atomic E-state index is -0.841. The summed E-state index contributed by atoms with van der Waals surface area (Å²) in [5.74, 6) is -1.53. The zero-order chi connectivity index (χ0) is 14.3. The van der Waals surface area contributed by atoms with Gasteiger partial charge in [-0.1, -0.05) is 19.1 Å². The molecule has 0 radical (unpaired) electrons. The Morgan fingerprint density at radius 1 is 1.37 bits per heavy atom. The predicted octanol–water partition coefficient (Wildman–Crippen LogP) is 0.757. The first-order valence-corrected chi connectivity index (χ1v) is 5.96. The molecule has 0 spiro atoms. The number of aromatic hydroxyl groups is 1. The van der Waals surface area contributed by atoms with Crippen molar-refractivity contribution in [2.75, 3.05) is 0 Å². The second-order valence-corrected chi connectivity index (χ2v) is 4.04. The van der Waals surface area contributed by atoms with Gasteiger partial charge in [0.25, 0.3) is 0 Å². The average Bonchev–Trinajstić information content (AvgIpc) is 2.40. The third kappa shape index (κ3) is 4.79. The summed E-state index contributed by atoms with van der Waals surface area (Å²) in [6.45, 7) is 3.70. The van der Waals surface area contributed by atoms with E-state index in [2.05, 4.69) is 15.8 Å². The van der Waals surface area contributed by atoms with E-state index < -0.39 is 11.8 Å². The standard InChI is InChI=1S/C13H17N3O3/c1-3-9(2)15-12(18)13(19)16-14-8-10-6-4-5-7-11(10)17/h4-9,17H,3H2,1-2H3,(H,15,18)(H,16,19)/b14-8+/t9-/m0/s1. The van der Waals surface area contributed by atoms with Crippen LogP contribution in [-0.2, 0) is 9.59 Å². The fourth-order valence-electron chi connectivity index (χ4n) is 1.20. The highest BCUT2D eigenvalue weighted by Gasteiger charge is 2.14. The zero-order valence-electron chi connectivity index (χ0n) is 10.9. The van der Waals surface area contributed by atoms with E-state index in [-0.39, 0.29) is 11.8 Å². The third-order valence-corrected chi connectivity index (χ3v) is 2.50. The van der Waals surface area contributed by atoms with Crippen LogP contribution in [0.5, 0.6) is 5.75 Å². The lowest BCUT2D eigenvalue weighted by molar-refractivity contribution is -0.139. The van der Waals surface area contributed by atoms with E-state index >= 15 is 0 Å². The summed E-state index contributed by atoms with van der Waals surface area (Å²) in [7, 11) is 0. The van der Waals surface area contributed by atoms with Gasteiger partial charge in [0.1, 0.15) is 5.75 Å². The Labute approximate surface area is 111 Å². The second-order valence-electron chi connectivity index (χ2n) is 4.04. The number of hydrazone groups is 1. The van der Waals surface area contributed by atoms with Crippen LogP contribution < -0.4 is 10.7 Å². The second kappa shape index (κ2) is 7.15. The van der Waals surface area contributed by atoms with E-state index in [1.165, 1.54) is 12.3 Å². The van der Waals surface area contributed by atoms with Gasteiger partial charge >= 0.3 is 11.8 Å². The Morgan fingerprint density at radius 3 is 2.68 bits per heavy atom. The molecule has 0 aliphatic carbocycles. The average molecular weight is 263 g/mol. The first kappa shape index (κ1) is 14.7. The maximum absolute atomic E-state index is 11.4. The zero-order valence-corrected chi connectivity index (χ0v) is 10.9. The van der Waals surface area contributed by atoms with Gasteiger partial charge in [-0.15, -0.1) is 0 Å². The number of amides is 2. The van der Waals surface area contributed by atoms with Crippen molar-refractivity contribution in [3.63, 3.8) is 0 Å². The molecule has 1 rings (SSSR count). The fraction of sp³-hybridized carbons (Fsp3) is 0.308. The summed E-state index contributed by atoms with van der Waals surface area (Å²) < 4.78 is 0. The molecule has 0 unspecified atom stereocenters. The van der Waals surface area contributed by atoms with E-state index in [9.17, 15) is 14.7 Å². The molecule has 1 aromatic carbocycles. The number of benzene rings is 1. The first-order valence-electron chi connectivity index (χ1n) is 5.96. The molecule has 0 aliphatic rings. The number of hydrogen-bond donors (Lipinski definition) is 3. The lowest BCUT2D eigenvalue weighted by atomic mass is 10.2. The van der Waals surface area contributed by atoms with Gasteiger partial charge in [-0.05, 0) is 25.5 Å². The van der Waals surface area contributed by atoms with Crippen molar-refractivity contribution in [2.45, 2.75) is 26.3 Å². The molecular weight excluding hydrogens is 246 g/mol. The molecule has 2 amide bonds. The number of phenolic OH excluding ortho intramolecular Hbond substituents is 1. The topological polar surface area (TPSA) is 90.8 Å². The normalized spacial score (nSPS) is 12.1. The Hall–Kier alpha value is -2.37. The largest absolute Gasteiger partial charge is 0.507 e. The van der Waals surface area contributed by atoms with Crippen molar-refractivity contribution >= 4 is 18.0 Å². The smallest absolute Gasteiger partial charge is 0.329 e. The van der Waals surface area contributed by atoms with Gasteiger partial charge in [0, 0.05) is 11.6 Å². The van der Waals surface area contributed by atoms with Crippen LogP contribution in [0.4, 0.5) is 0 Å². The lowest BCUT2D eigenvalue weighted by Gasteiger charge is -2.09. The van der Waals surface area contributed by atoms with E-state index in [1.807, 2.05) is 6.92 Å². The number of nitrogens with zero attached hydrogens (tertiary/aromatic N) is 1. The Kier molecular flexibility index (Phi) is 5.53. The molecule has 0 fully saturated rings. The summed E-state index contributed by atoms with van der Waals surface area (Å²) >= 11 is 0. The van der Waals surface area contributed by atoms with E-state index in [1.54, 1.807) is 25.1 Å². The monoisotopic (exact) mass is 263 g/mol.